The Morgan fingerprint density at radius 1 is 1.69 bits per heavy atom. The fourth-order valence-electron chi connectivity index (χ4n) is 1.63. The Balaban J connectivity index is 2.13. The highest BCUT2D eigenvalue weighted by molar-refractivity contribution is 6.18. The lowest BCUT2D eigenvalue weighted by atomic mass is 10.1. The van der Waals surface area contributed by atoms with Crippen LogP contribution in [0, 0.1) is 5.92 Å². The molecule has 1 atom stereocenters. The molecule has 0 aromatic carbocycles. The Hall–Kier alpha value is -0.480. The van der Waals surface area contributed by atoms with E-state index in [2.05, 4.69) is 10.2 Å². The number of nitrogens with zero attached hydrogens (tertiary/aromatic N) is 1. The number of carbonyl (C=O) groups is 1. The van der Waals surface area contributed by atoms with Crippen LogP contribution in [0.4, 0.5) is 4.79 Å². The fraction of sp³-hybridized carbons (Fsp3) is 0.875. The van der Waals surface area contributed by atoms with Crippen molar-refractivity contribution in [2.24, 2.45) is 5.92 Å². The Labute approximate surface area is 82.9 Å². The number of nitrogens with one attached hydrogen (secondary N) is 1. The van der Waals surface area contributed by atoms with Crippen LogP contribution in [0.1, 0.15) is 6.42 Å². The highest BCUT2D eigenvalue weighted by atomic mass is 35.5. The summed E-state index contributed by atoms with van der Waals surface area (Å²) < 4.78 is 0. The molecule has 0 spiro atoms. The summed E-state index contributed by atoms with van der Waals surface area (Å²) in [6.45, 7) is 3.48. The van der Waals surface area contributed by atoms with E-state index in [1.165, 1.54) is 0 Å². The van der Waals surface area contributed by atoms with Crippen LogP contribution in [0.2, 0.25) is 0 Å². The van der Waals surface area contributed by atoms with E-state index < -0.39 is 6.09 Å². The summed E-state index contributed by atoms with van der Waals surface area (Å²) in [5, 5.41) is 10.8. The van der Waals surface area contributed by atoms with Crippen molar-refractivity contribution in [3.63, 3.8) is 0 Å². The smallest absolute Gasteiger partial charge is 0.404 e. The maximum absolute atomic E-state index is 10.2. The highest BCUT2D eigenvalue weighted by Gasteiger charge is 2.21. The molecule has 0 saturated carbocycles. The molecule has 1 aliphatic heterocycles. The second-order valence-corrected chi connectivity index (χ2v) is 3.71. The molecule has 2 N–H and O–H groups in total. The summed E-state index contributed by atoms with van der Waals surface area (Å²) in [4.78, 5) is 12.5. The molecule has 1 saturated heterocycles. The van der Waals surface area contributed by atoms with Crippen LogP contribution in [-0.4, -0.2) is 48.2 Å². The predicted molar refractivity (Wildman–Crippen MR) is 51.3 cm³/mol. The van der Waals surface area contributed by atoms with Crippen LogP contribution in [0.3, 0.4) is 0 Å². The molecule has 1 unspecified atom stereocenters. The van der Waals surface area contributed by atoms with Crippen molar-refractivity contribution in [1.29, 1.82) is 0 Å². The minimum absolute atomic E-state index is 0.458. The third-order valence-electron chi connectivity index (χ3n) is 2.31. The van der Waals surface area contributed by atoms with Gasteiger partial charge in [0.2, 0.25) is 0 Å². The van der Waals surface area contributed by atoms with Crippen molar-refractivity contribution in [3.05, 3.63) is 0 Å². The molecule has 5 heteroatoms. The first-order chi connectivity index (χ1) is 6.22. The summed E-state index contributed by atoms with van der Waals surface area (Å²) in [5.41, 5.74) is 0. The van der Waals surface area contributed by atoms with Crippen LogP contribution in [-0.2, 0) is 0 Å². The van der Waals surface area contributed by atoms with Crippen LogP contribution >= 0.6 is 11.6 Å². The first-order valence-corrected chi connectivity index (χ1v) is 5.01. The molecule has 0 aliphatic carbocycles. The maximum atomic E-state index is 10.2. The van der Waals surface area contributed by atoms with Gasteiger partial charge in [0.1, 0.15) is 0 Å². The lowest BCUT2D eigenvalue weighted by Gasteiger charge is -2.13. The fourth-order valence-corrected chi connectivity index (χ4v) is 1.87. The Morgan fingerprint density at radius 3 is 3.08 bits per heavy atom. The lowest BCUT2D eigenvalue weighted by molar-refractivity contribution is 0.192. The minimum atomic E-state index is -0.934. The molecule has 1 fully saturated rings. The molecule has 0 radical (unpaired) electrons. The van der Waals surface area contributed by atoms with E-state index in [1.54, 1.807) is 0 Å². The summed E-state index contributed by atoms with van der Waals surface area (Å²) >= 11 is 5.61. The van der Waals surface area contributed by atoms with E-state index >= 15 is 0 Å². The number of alkyl halides is 1. The van der Waals surface area contributed by atoms with Gasteiger partial charge >= 0.3 is 6.09 Å². The molecule has 0 bridgehead atoms. The van der Waals surface area contributed by atoms with E-state index in [-0.39, 0.29) is 0 Å². The van der Waals surface area contributed by atoms with Gasteiger partial charge in [-0.3, -0.25) is 0 Å². The number of halogens is 1. The van der Waals surface area contributed by atoms with E-state index in [4.69, 9.17) is 16.7 Å². The Morgan fingerprint density at radius 2 is 2.46 bits per heavy atom. The van der Waals surface area contributed by atoms with Crippen molar-refractivity contribution in [1.82, 2.24) is 10.2 Å². The maximum Gasteiger partial charge on any atom is 0.404 e. The summed E-state index contributed by atoms with van der Waals surface area (Å²) in [6.07, 6.45) is 0.132. The first kappa shape index (κ1) is 10.6. The van der Waals surface area contributed by atoms with Crippen molar-refractivity contribution < 1.29 is 9.90 Å². The van der Waals surface area contributed by atoms with E-state index in [0.29, 0.717) is 18.3 Å². The molecule has 1 aliphatic rings. The van der Waals surface area contributed by atoms with Gasteiger partial charge in [-0.15, -0.1) is 11.6 Å². The van der Waals surface area contributed by atoms with Gasteiger partial charge in [-0.1, -0.05) is 0 Å². The number of hydrogen-bond donors (Lipinski definition) is 2. The van der Waals surface area contributed by atoms with Crippen LogP contribution in [0.25, 0.3) is 0 Å². The second kappa shape index (κ2) is 5.29. The molecular formula is C8H15ClN2O2. The topological polar surface area (TPSA) is 52.6 Å². The molecule has 1 rings (SSSR count). The predicted octanol–water partition coefficient (Wildman–Crippen LogP) is 0.815. The van der Waals surface area contributed by atoms with Gasteiger partial charge in [-0.05, 0) is 18.9 Å². The van der Waals surface area contributed by atoms with Crippen molar-refractivity contribution in [3.8, 4) is 0 Å². The third-order valence-corrected chi connectivity index (χ3v) is 2.48. The second-order valence-electron chi connectivity index (χ2n) is 3.33. The molecule has 4 nitrogen and oxygen atoms in total. The molecule has 0 aromatic rings. The van der Waals surface area contributed by atoms with Crippen molar-refractivity contribution in [2.75, 3.05) is 32.1 Å². The monoisotopic (exact) mass is 206 g/mol. The van der Waals surface area contributed by atoms with Gasteiger partial charge in [0.15, 0.2) is 0 Å². The largest absolute Gasteiger partial charge is 0.465 e. The number of likely N-dealkylation sites (tertiary alicyclic amines) is 1. The molecule has 1 amide bonds. The minimum Gasteiger partial charge on any atom is -0.465 e. The van der Waals surface area contributed by atoms with Gasteiger partial charge in [0.25, 0.3) is 0 Å². The van der Waals surface area contributed by atoms with E-state index in [1.807, 2.05) is 0 Å². The third kappa shape index (κ3) is 3.83. The van der Waals surface area contributed by atoms with Crippen LogP contribution in [0.15, 0.2) is 0 Å². The number of rotatable bonds is 4. The summed E-state index contributed by atoms with van der Waals surface area (Å²) in [7, 11) is 0. The Kier molecular flexibility index (Phi) is 4.32. The van der Waals surface area contributed by atoms with E-state index in [9.17, 15) is 4.79 Å². The van der Waals surface area contributed by atoms with Crippen molar-refractivity contribution >= 4 is 17.7 Å². The van der Waals surface area contributed by atoms with Gasteiger partial charge < -0.3 is 15.3 Å². The quantitative estimate of drug-likeness (QED) is 0.670. The first-order valence-electron chi connectivity index (χ1n) is 4.47. The molecule has 76 valence electrons. The molecule has 13 heavy (non-hydrogen) atoms. The Bertz CT molecular complexity index is 178. The summed E-state index contributed by atoms with van der Waals surface area (Å²) in [5.74, 6) is 1.11. The van der Waals surface area contributed by atoms with Gasteiger partial charge in [0.05, 0.1) is 0 Å². The lowest BCUT2D eigenvalue weighted by Crippen LogP contribution is -2.30. The zero-order valence-electron chi connectivity index (χ0n) is 7.50. The van der Waals surface area contributed by atoms with E-state index in [0.717, 1.165) is 26.1 Å². The van der Waals surface area contributed by atoms with Crippen molar-refractivity contribution in [2.45, 2.75) is 6.42 Å². The number of amides is 1. The zero-order valence-corrected chi connectivity index (χ0v) is 8.26. The van der Waals surface area contributed by atoms with Crippen LogP contribution < -0.4 is 5.32 Å². The van der Waals surface area contributed by atoms with Gasteiger partial charge in [0, 0.05) is 25.5 Å². The average Bonchev–Trinajstić information content (AvgIpc) is 2.50. The number of hydrogen-bond acceptors (Lipinski definition) is 2. The van der Waals surface area contributed by atoms with Crippen LogP contribution in [0.5, 0.6) is 0 Å². The van der Waals surface area contributed by atoms with Gasteiger partial charge in [-0.2, -0.15) is 0 Å². The molecular weight excluding hydrogens is 192 g/mol. The molecule has 0 aromatic heterocycles. The average molecular weight is 207 g/mol. The SMILES string of the molecule is O=C(O)NCC1CCN(CCCl)C1. The zero-order chi connectivity index (χ0) is 9.68. The normalized spacial score (nSPS) is 23.3. The summed E-state index contributed by atoms with van der Waals surface area (Å²) in [6, 6.07) is 0. The molecule has 1 heterocycles. The van der Waals surface area contributed by atoms with Gasteiger partial charge in [-0.25, -0.2) is 4.79 Å². The standard InChI is InChI=1S/C8H15ClN2O2/c9-2-4-11-3-1-7(6-11)5-10-8(12)13/h7,10H,1-6H2,(H,12,13). The highest BCUT2D eigenvalue weighted by Crippen LogP contribution is 2.14. The number of carboxylic acid groups (broad SMARTS) is 1.